The maximum absolute atomic E-state index is 10.9. The summed E-state index contributed by atoms with van der Waals surface area (Å²) in [5, 5.41) is 12.7. The lowest BCUT2D eigenvalue weighted by Crippen LogP contribution is -2.10. The number of benzene rings is 1. The maximum atomic E-state index is 10.9. The van der Waals surface area contributed by atoms with Gasteiger partial charge in [0.05, 0.1) is 6.54 Å². The number of carbonyl (C=O) groups is 1. The molecule has 0 saturated carbocycles. The Hall–Kier alpha value is -2.00. The van der Waals surface area contributed by atoms with Crippen LogP contribution >= 0.6 is 0 Å². The Morgan fingerprint density at radius 1 is 1.10 bits per heavy atom. The number of hydrogen-bond donors (Lipinski definition) is 1. The predicted octanol–water partition coefficient (Wildman–Crippen LogP) is 4.26. The number of aliphatic carboxylic acids is 1. The summed E-state index contributed by atoms with van der Waals surface area (Å²) in [7, 11) is 0. The molecule has 0 aliphatic heterocycles. The highest BCUT2D eigenvalue weighted by atomic mass is 16.4. The molecule has 1 rings (SSSR count). The number of hydrogen-bond acceptors (Lipinski definition) is 2. The summed E-state index contributed by atoms with van der Waals surface area (Å²) in [5.74, 6) is -0.804. The maximum Gasteiger partial charge on any atom is 0.303 e. The second-order valence-electron chi connectivity index (χ2n) is 5.15. The number of rotatable bonds is 7. The van der Waals surface area contributed by atoms with Crippen molar-refractivity contribution in [2.45, 2.75) is 59.9 Å². The zero-order valence-electron chi connectivity index (χ0n) is 13.2. The fourth-order valence-electron chi connectivity index (χ4n) is 3.14. The van der Waals surface area contributed by atoms with Gasteiger partial charge in [-0.15, -0.1) is 0 Å². The zero-order chi connectivity index (χ0) is 16.0. The van der Waals surface area contributed by atoms with E-state index in [2.05, 4.69) is 30.8 Å². The molecule has 114 valence electrons. The second-order valence-corrected chi connectivity index (χ2v) is 5.15. The van der Waals surface area contributed by atoms with Crippen LogP contribution in [0.4, 0.5) is 0 Å². The van der Waals surface area contributed by atoms with Crippen molar-refractivity contribution in [1.82, 2.24) is 0 Å². The lowest BCUT2D eigenvalue weighted by Gasteiger charge is -2.22. The van der Waals surface area contributed by atoms with Crippen LogP contribution in [0, 0.1) is 13.8 Å². The third-order valence-corrected chi connectivity index (χ3v) is 4.13. The van der Waals surface area contributed by atoms with Crippen molar-refractivity contribution in [3.05, 3.63) is 43.8 Å². The van der Waals surface area contributed by atoms with E-state index in [0.717, 1.165) is 29.5 Å². The Morgan fingerprint density at radius 2 is 1.67 bits per heavy atom. The largest absolute Gasteiger partial charge is 0.481 e. The fourth-order valence-corrected chi connectivity index (χ4v) is 3.14. The van der Waals surface area contributed by atoms with E-state index in [1.54, 1.807) is 0 Å². The smallest absolute Gasteiger partial charge is 0.303 e. The summed E-state index contributed by atoms with van der Waals surface area (Å²) < 4.78 is 0. The van der Waals surface area contributed by atoms with Gasteiger partial charge in [0.15, 0.2) is 0 Å². The van der Waals surface area contributed by atoms with Gasteiger partial charge in [0.2, 0.25) is 0 Å². The van der Waals surface area contributed by atoms with Gasteiger partial charge < -0.3 is 5.11 Å². The molecule has 0 aliphatic carbocycles. The molecule has 0 aliphatic rings. The molecule has 5 nitrogen and oxygen atoms in total. The van der Waals surface area contributed by atoms with Crippen molar-refractivity contribution in [2.75, 3.05) is 0 Å². The molecule has 1 aromatic carbocycles. The number of carboxylic acid groups (broad SMARTS) is 1. The van der Waals surface area contributed by atoms with Crippen LogP contribution < -0.4 is 0 Å². The highest BCUT2D eigenvalue weighted by Crippen LogP contribution is 2.30. The van der Waals surface area contributed by atoms with Gasteiger partial charge in [0.25, 0.3) is 0 Å². The fraction of sp³-hybridized carbons (Fsp3) is 0.562. The van der Waals surface area contributed by atoms with Crippen LogP contribution in [0.1, 0.15) is 53.6 Å². The van der Waals surface area contributed by atoms with Crippen LogP contribution in [0.3, 0.4) is 0 Å². The first-order valence-electron chi connectivity index (χ1n) is 7.33. The molecule has 21 heavy (non-hydrogen) atoms. The molecular formula is C16H23N3O2. The van der Waals surface area contributed by atoms with E-state index in [4.69, 9.17) is 10.6 Å². The topological polar surface area (TPSA) is 86.1 Å². The Kier molecular flexibility index (Phi) is 6.25. The Labute approximate surface area is 125 Å². The lowest BCUT2D eigenvalue weighted by atomic mass is 9.84. The average Bonchev–Trinajstić information content (AvgIpc) is 2.44. The highest BCUT2D eigenvalue weighted by Gasteiger charge is 2.17. The Bertz CT molecular complexity index is 588. The minimum absolute atomic E-state index is 0.0978. The van der Waals surface area contributed by atoms with Crippen molar-refractivity contribution in [3.8, 4) is 0 Å². The van der Waals surface area contributed by atoms with Crippen LogP contribution in [0.25, 0.3) is 10.4 Å². The van der Waals surface area contributed by atoms with Crippen LogP contribution in [0.2, 0.25) is 0 Å². The van der Waals surface area contributed by atoms with Crippen LogP contribution in [0.5, 0.6) is 0 Å². The molecule has 1 N–H and O–H groups in total. The van der Waals surface area contributed by atoms with Crippen molar-refractivity contribution in [1.29, 1.82) is 0 Å². The third-order valence-electron chi connectivity index (χ3n) is 4.13. The minimum atomic E-state index is -0.804. The zero-order valence-corrected chi connectivity index (χ0v) is 13.2. The molecule has 0 amide bonds. The molecule has 0 aromatic heterocycles. The lowest BCUT2D eigenvalue weighted by molar-refractivity contribution is -0.136. The van der Waals surface area contributed by atoms with Gasteiger partial charge in [-0.3, -0.25) is 4.79 Å². The predicted molar refractivity (Wildman–Crippen MR) is 83.5 cm³/mol. The summed E-state index contributed by atoms with van der Waals surface area (Å²) >= 11 is 0. The molecule has 0 radical (unpaired) electrons. The van der Waals surface area contributed by atoms with E-state index in [9.17, 15) is 4.79 Å². The summed E-state index contributed by atoms with van der Waals surface area (Å²) in [4.78, 5) is 13.8. The van der Waals surface area contributed by atoms with Crippen molar-refractivity contribution >= 4 is 5.97 Å². The number of azide groups is 1. The van der Waals surface area contributed by atoms with Gasteiger partial charge in [0.1, 0.15) is 0 Å². The van der Waals surface area contributed by atoms with Gasteiger partial charge in [-0.25, -0.2) is 0 Å². The standard InChI is InChI=1S/C16H23N3O2/c1-5-12-10(3)13(6-2)14(7-8-16(20)21)15(11(12)4)9-18-19-17/h5-9H2,1-4H3,(H,20,21). The number of carboxylic acids is 1. The molecule has 0 bridgehead atoms. The minimum Gasteiger partial charge on any atom is -0.481 e. The molecule has 0 spiro atoms. The first kappa shape index (κ1) is 17.1. The van der Waals surface area contributed by atoms with Crippen LogP contribution in [-0.2, 0) is 30.6 Å². The van der Waals surface area contributed by atoms with Crippen molar-refractivity contribution in [2.24, 2.45) is 5.11 Å². The first-order chi connectivity index (χ1) is 9.97. The van der Waals surface area contributed by atoms with E-state index >= 15 is 0 Å². The molecule has 5 heteroatoms. The first-order valence-corrected chi connectivity index (χ1v) is 7.33. The van der Waals surface area contributed by atoms with E-state index in [0.29, 0.717) is 6.42 Å². The van der Waals surface area contributed by atoms with Crippen LogP contribution in [-0.4, -0.2) is 11.1 Å². The summed E-state index contributed by atoms with van der Waals surface area (Å²) in [6.07, 6.45) is 2.37. The van der Waals surface area contributed by atoms with Gasteiger partial charge in [0, 0.05) is 11.3 Å². The van der Waals surface area contributed by atoms with Crippen molar-refractivity contribution in [3.63, 3.8) is 0 Å². The molecule has 0 saturated heterocycles. The summed E-state index contributed by atoms with van der Waals surface area (Å²) in [5.41, 5.74) is 15.5. The van der Waals surface area contributed by atoms with E-state index in [1.165, 1.54) is 16.7 Å². The van der Waals surface area contributed by atoms with Gasteiger partial charge in [-0.2, -0.15) is 0 Å². The molecule has 1 aromatic rings. The van der Waals surface area contributed by atoms with E-state index in [-0.39, 0.29) is 13.0 Å². The van der Waals surface area contributed by atoms with Crippen molar-refractivity contribution < 1.29 is 9.90 Å². The monoisotopic (exact) mass is 289 g/mol. The molecular weight excluding hydrogens is 266 g/mol. The van der Waals surface area contributed by atoms with Crippen LogP contribution in [0.15, 0.2) is 5.11 Å². The summed E-state index contributed by atoms with van der Waals surface area (Å²) in [6.45, 7) is 8.63. The summed E-state index contributed by atoms with van der Waals surface area (Å²) in [6, 6.07) is 0. The highest BCUT2D eigenvalue weighted by molar-refractivity contribution is 5.67. The Balaban J connectivity index is 3.53. The van der Waals surface area contributed by atoms with Gasteiger partial charge in [-0.1, -0.05) is 19.0 Å². The second kappa shape index (κ2) is 7.70. The quantitative estimate of drug-likeness (QED) is 0.462. The molecule has 0 atom stereocenters. The number of nitrogens with zero attached hydrogens (tertiary/aromatic N) is 3. The molecule has 0 fully saturated rings. The third kappa shape index (κ3) is 3.76. The van der Waals surface area contributed by atoms with Gasteiger partial charge in [-0.05, 0) is 72.0 Å². The van der Waals surface area contributed by atoms with E-state index < -0.39 is 5.97 Å². The average molecular weight is 289 g/mol. The van der Waals surface area contributed by atoms with Gasteiger partial charge >= 0.3 is 5.97 Å². The van der Waals surface area contributed by atoms with E-state index in [1.807, 2.05) is 6.92 Å². The molecule has 0 unspecified atom stereocenters. The molecule has 0 heterocycles. The SMILES string of the molecule is CCc1c(C)c(CC)c(CCC(=O)O)c(CN=[N+]=[N-])c1C. The normalized spacial score (nSPS) is 10.3. The Morgan fingerprint density at radius 3 is 2.14 bits per heavy atom.